The number of aromatic amines is 1. The zero-order valence-electron chi connectivity index (χ0n) is 10.5. The van der Waals surface area contributed by atoms with E-state index in [0.29, 0.717) is 6.04 Å². The van der Waals surface area contributed by atoms with Crippen LogP contribution in [0, 0.1) is 10.7 Å². The maximum atomic E-state index is 9.39. The third-order valence-corrected chi connectivity index (χ3v) is 4.31. The number of imidazole rings is 1. The first kappa shape index (κ1) is 12.8. The van der Waals surface area contributed by atoms with Crippen molar-refractivity contribution in [2.75, 3.05) is 0 Å². The van der Waals surface area contributed by atoms with Crippen LogP contribution in [0.5, 0.6) is 0 Å². The third kappa shape index (κ3) is 2.63. The summed E-state index contributed by atoms with van der Waals surface area (Å²) in [7, 11) is 0. The fourth-order valence-corrected chi connectivity index (χ4v) is 3.46. The first-order chi connectivity index (χ1) is 8.27. The Kier molecular flexibility index (Phi) is 4.40. The molecular formula is C13H22N2OS. The quantitative estimate of drug-likeness (QED) is 0.806. The molecule has 0 spiro atoms. The first-order valence-electron chi connectivity index (χ1n) is 6.67. The van der Waals surface area contributed by atoms with E-state index in [0.717, 1.165) is 22.8 Å². The lowest BCUT2D eigenvalue weighted by molar-refractivity contribution is 0.218. The standard InChI is InChI=1S/C13H22N2OS/c1-2-12(10-6-4-3-5-7-10)15-11(9-16)8-14-13(15)17/h8,10,12,16H,2-7,9H2,1H3,(H,14,17). The van der Waals surface area contributed by atoms with Crippen LogP contribution in [-0.4, -0.2) is 14.7 Å². The van der Waals surface area contributed by atoms with Gasteiger partial charge in [0.25, 0.3) is 0 Å². The van der Waals surface area contributed by atoms with Crippen molar-refractivity contribution in [2.45, 2.75) is 58.1 Å². The predicted molar refractivity (Wildman–Crippen MR) is 71.4 cm³/mol. The Balaban J connectivity index is 2.27. The lowest BCUT2D eigenvalue weighted by atomic mass is 9.82. The fourth-order valence-electron chi connectivity index (χ4n) is 3.15. The van der Waals surface area contributed by atoms with Crippen molar-refractivity contribution in [2.24, 2.45) is 5.92 Å². The molecule has 1 heterocycles. The molecule has 0 bridgehead atoms. The lowest BCUT2D eigenvalue weighted by Gasteiger charge is -2.31. The van der Waals surface area contributed by atoms with Crippen molar-refractivity contribution < 1.29 is 5.11 Å². The Labute approximate surface area is 108 Å². The third-order valence-electron chi connectivity index (χ3n) is 4.00. The van der Waals surface area contributed by atoms with Gasteiger partial charge in [-0.3, -0.25) is 0 Å². The fraction of sp³-hybridized carbons (Fsp3) is 0.769. The number of hydrogen-bond donors (Lipinski definition) is 2. The molecule has 0 saturated heterocycles. The maximum absolute atomic E-state index is 9.39. The molecule has 4 heteroatoms. The summed E-state index contributed by atoms with van der Waals surface area (Å²) in [5.41, 5.74) is 0.924. The van der Waals surface area contributed by atoms with Crippen LogP contribution in [0.4, 0.5) is 0 Å². The molecule has 1 aliphatic carbocycles. The van der Waals surface area contributed by atoms with Gasteiger partial charge in [0.2, 0.25) is 0 Å². The van der Waals surface area contributed by atoms with Gasteiger partial charge in [-0.25, -0.2) is 0 Å². The van der Waals surface area contributed by atoms with E-state index in [4.69, 9.17) is 12.2 Å². The second-order valence-corrected chi connectivity index (χ2v) is 5.37. The largest absolute Gasteiger partial charge is 0.390 e. The monoisotopic (exact) mass is 254 g/mol. The van der Waals surface area contributed by atoms with Gasteiger partial charge in [0.15, 0.2) is 4.77 Å². The number of nitrogens with zero attached hydrogens (tertiary/aromatic N) is 1. The van der Waals surface area contributed by atoms with Crippen molar-refractivity contribution in [1.29, 1.82) is 0 Å². The van der Waals surface area contributed by atoms with Gasteiger partial charge in [0.1, 0.15) is 0 Å². The molecule has 17 heavy (non-hydrogen) atoms. The van der Waals surface area contributed by atoms with Gasteiger partial charge < -0.3 is 14.7 Å². The average Bonchev–Trinajstić information content (AvgIpc) is 2.74. The van der Waals surface area contributed by atoms with Crippen LogP contribution >= 0.6 is 12.2 Å². The summed E-state index contributed by atoms with van der Waals surface area (Å²) in [6, 6.07) is 0.455. The molecule has 1 unspecified atom stereocenters. The summed E-state index contributed by atoms with van der Waals surface area (Å²) < 4.78 is 2.90. The minimum atomic E-state index is 0.0658. The molecule has 1 atom stereocenters. The molecule has 1 fully saturated rings. The van der Waals surface area contributed by atoms with Gasteiger partial charge in [-0.05, 0) is 37.4 Å². The van der Waals surface area contributed by atoms with Gasteiger partial charge >= 0.3 is 0 Å². The highest BCUT2D eigenvalue weighted by Gasteiger charge is 2.25. The van der Waals surface area contributed by atoms with Crippen LogP contribution in [0.15, 0.2) is 6.20 Å². The first-order valence-corrected chi connectivity index (χ1v) is 7.08. The number of aromatic nitrogens is 2. The number of rotatable bonds is 4. The Morgan fingerprint density at radius 1 is 1.47 bits per heavy atom. The molecule has 1 aromatic rings. The smallest absolute Gasteiger partial charge is 0.177 e. The predicted octanol–water partition coefficient (Wildman–Crippen LogP) is 3.57. The second-order valence-electron chi connectivity index (χ2n) is 4.99. The summed E-state index contributed by atoms with van der Waals surface area (Å²) in [5.74, 6) is 0.724. The maximum Gasteiger partial charge on any atom is 0.177 e. The summed E-state index contributed by atoms with van der Waals surface area (Å²) in [6.45, 7) is 2.28. The van der Waals surface area contributed by atoms with Gasteiger partial charge in [0, 0.05) is 12.2 Å². The molecule has 96 valence electrons. The van der Waals surface area contributed by atoms with Crippen molar-refractivity contribution in [3.8, 4) is 0 Å². The molecule has 1 aliphatic rings. The molecule has 3 nitrogen and oxygen atoms in total. The number of hydrogen-bond acceptors (Lipinski definition) is 2. The number of aliphatic hydroxyl groups excluding tert-OH is 1. The number of aliphatic hydroxyl groups is 1. The van der Waals surface area contributed by atoms with E-state index in [1.54, 1.807) is 0 Å². The van der Waals surface area contributed by atoms with E-state index < -0.39 is 0 Å². The van der Waals surface area contributed by atoms with Gasteiger partial charge in [-0.15, -0.1) is 0 Å². The van der Waals surface area contributed by atoms with Crippen molar-refractivity contribution in [1.82, 2.24) is 9.55 Å². The lowest BCUT2D eigenvalue weighted by Crippen LogP contribution is -2.23. The molecule has 0 radical (unpaired) electrons. The highest BCUT2D eigenvalue weighted by atomic mass is 32.1. The topological polar surface area (TPSA) is 41.0 Å². The average molecular weight is 254 g/mol. The Hall–Kier alpha value is -0.610. The number of nitrogens with one attached hydrogen (secondary N) is 1. The highest BCUT2D eigenvalue weighted by Crippen LogP contribution is 2.35. The molecule has 1 aromatic heterocycles. The van der Waals surface area contributed by atoms with E-state index in [1.807, 2.05) is 6.20 Å². The van der Waals surface area contributed by atoms with Crippen LogP contribution in [0.25, 0.3) is 0 Å². The molecular weight excluding hydrogens is 232 g/mol. The van der Waals surface area contributed by atoms with Crippen LogP contribution in [0.1, 0.15) is 57.2 Å². The molecule has 2 rings (SSSR count). The van der Waals surface area contributed by atoms with Crippen LogP contribution < -0.4 is 0 Å². The summed E-state index contributed by atoms with van der Waals surface area (Å²) in [6.07, 6.45) is 9.59. The van der Waals surface area contributed by atoms with Gasteiger partial charge in [-0.2, -0.15) is 0 Å². The van der Waals surface area contributed by atoms with Gasteiger partial charge in [-0.1, -0.05) is 26.2 Å². The van der Waals surface area contributed by atoms with E-state index in [-0.39, 0.29) is 6.61 Å². The molecule has 2 N–H and O–H groups in total. The summed E-state index contributed by atoms with van der Waals surface area (Å²) >= 11 is 5.35. The highest BCUT2D eigenvalue weighted by molar-refractivity contribution is 7.71. The van der Waals surface area contributed by atoms with E-state index >= 15 is 0 Å². The minimum absolute atomic E-state index is 0.0658. The molecule has 1 saturated carbocycles. The van der Waals surface area contributed by atoms with Crippen LogP contribution in [-0.2, 0) is 6.61 Å². The van der Waals surface area contributed by atoms with Crippen LogP contribution in [0.2, 0.25) is 0 Å². The van der Waals surface area contributed by atoms with E-state index in [9.17, 15) is 5.11 Å². The Bertz CT molecular complexity index is 404. The Morgan fingerprint density at radius 2 is 2.18 bits per heavy atom. The van der Waals surface area contributed by atoms with Crippen molar-refractivity contribution in [3.05, 3.63) is 16.7 Å². The summed E-state index contributed by atoms with van der Waals surface area (Å²) in [5, 5.41) is 9.39. The summed E-state index contributed by atoms with van der Waals surface area (Å²) in [4.78, 5) is 3.06. The van der Waals surface area contributed by atoms with E-state index in [1.165, 1.54) is 32.1 Å². The zero-order chi connectivity index (χ0) is 12.3. The van der Waals surface area contributed by atoms with E-state index in [2.05, 4.69) is 16.5 Å². The second kappa shape index (κ2) is 5.83. The minimum Gasteiger partial charge on any atom is -0.390 e. The van der Waals surface area contributed by atoms with Crippen molar-refractivity contribution >= 4 is 12.2 Å². The SMILES string of the molecule is CCC(C1CCCCC1)n1c(CO)c[nH]c1=S. The Morgan fingerprint density at radius 3 is 2.76 bits per heavy atom. The van der Waals surface area contributed by atoms with Crippen molar-refractivity contribution in [3.63, 3.8) is 0 Å². The zero-order valence-corrected chi connectivity index (χ0v) is 11.3. The van der Waals surface area contributed by atoms with Gasteiger partial charge in [0.05, 0.1) is 12.3 Å². The molecule has 0 aromatic carbocycles. The number of H-pyrrole nitrogens is 1. The molecule has 0 amide bonds. The van der Waals surface area contributed by atoms with Crippen LogP contribution in [0.3, 0.4) is 0 Å². The normalized spacial score (nSPS) is 19.4. The molecule has 0 aliphatic heterocycles.